The van der Waals surface area contributed by atoms with Crippen LogP contribution in [0.4, 0.5) is 0 Å². The van der Waals surface area contributed by atoms with Crippen molar-refractivity contribution < 1.29 is 23.1 Å². The van der Waals surface area contributed by atoms with Crippen LogP contribution >= 0.6 is 0 Å². The van der Waals surface area contributed by atoms with Gasteiger partial charge in [-0.05, 0) is 19.8 Å². The number of carbonyl (C=O) groups is 2. The minimum Gasteiger partial charge on any atom is -0.481 e. The van der Waals surface area contributed by atoms with E-state index in [4.69, 9.17) is 0 Å². The lowest BCUT2D eigenvalue weighted by atomic mass is 9.71. The maximum atomic E-state index is 11.7. The van der Waals surface area contributed by atoms with E-state index in [0.29, 0.717) is 12.8 Å². The zero-order chi connectivity index (χ0) is 14.7. The molecule has 0 radical (unpaired) electrons. The van der Waals surface area contributed by atoms with Crippen LogP contribution in [0, 0.1) is 5.41 Å². The number of sulfone groups is 1. The Labute approximate surface area is 113 Å². The largest absolute Gasteiger partial charge is 0.481 e. The summed E-state index contributed by atoms with van der Waals surface area (Å²) in [4.78, 5) is 23.0. The minimum absolute atomic E-state index is 0.120. The Kier molecular flexibility index (Phi) is 4.95. The molecular weight excluding hydrogens is 270 g/mol. The molecule has 0 saturated heterocycles. The average molecular weight is 291 g/mol. The first kappa shape index (κ1) is 15.9. The number of carbonyl (C=O) groups excluding carboxylic acids is 1. The van der Waals surface area contributed by atoms with E-state index in [1.807, 2.05) is 0 Å². The Morgan fingerprint density at radius 1 is 1.37 bits per heavy atom. The fraction of sp³-hybridized carbons (Fsp3) is 0.833. The number of carboxylic acids is 1. The summed E-state index contributed by atoms with van der Waals surface area (Å²) in [5, 5.41) is 12.0. The van der Waals surface area contributed by atoms with Crippen molar-refractivity contribution in [2.75, 3.05) is 12.0 Å². The predicted molar refractivity (Wildman–Crippen MR) is 70.5 cm³/mol. The van der Waals surface area contributed by atoms with Gasteiger partial charge in [0, 0.05) is 18.7 Å². The highest BCUT2D eigenvalue weighted by Gasteiger charge is 2.43. The highest BCUT2D eigenvalue weighted by molar-refractivity contribution is 7.90. The fourth-order valence-electron chi connectivity index (χ4n) is 2.37. The number of aliphatic carboxylic acids is 1. The lowest BCUT2D eigenvalue weighted by molar-refractivity contribution is -0.152. The molecule has 0 spiro atoms. The second-order valence-corrected chi connectivity index (χ2v) is 7.73. The van der Waals surface area contributed by atoms with Gasteiger partial charge in [-0.1, -0.05) is 12.8 Å². The molecule has 1 rings (SSSR count). The molecule has 0 heterocycles. The number of rotatable bonds is 5. The van der Waals surface area contributed by atoms with Gasteiger partial charge in [0.05, 0.1) is 11.2 Å². The van der Waals surface area contributed by atoms with Crippen molar-refractivity contribution >= 4 is 21.7 Å². The van der Waals surface area contributed by atoms with E-state index in [2.05, 4.69) is 5.32 Å². The molecule has 7 heteroatoms. The maximum Gasteiger partial charge on any atom is 0.311 e. The monoisotopic (exact) mass is 291 g/mol. The van der Waals surface area contributed by atoms with Gasteiger partial charge < -0.3 is 10.4 Å². The van der Waals surface area contributed by atoms with Crippen molar-refractivity contribution in [2.24, 2.45) is 5.41 Å². The molecule has 6 nitrogen and oxygen atoms in total. The number of carboxylic acid groups (broad SMARTS) is 1. The smallest absolute Gasteiger partial charge is 0.311 e. The first-order chi connectivity index (χ1) is 8.65. The predicted octanol–water partition coefficient (Wildman–Crippen LogP) is 0.571. The van der Waals surface area contributed by atoms with Crippen LogP contribution in [0.1, 0.15) is 39.0 Å². The van der Waals surface area contributed by atoms with Crippen molar-refractivity contribution in [3.63, 3.8) is 0 Å². The van der Waals surface area contributed by atoms with Gasteiger partial charge in [0.1, 0.15) is 9.84 Å². The summed E-state index contributed by atoms with van der Waals surface area (Å²) < 4.78 is 22.0. The van der Waals surface area contributed by atoms with E-state index in [-0.39, 0.29) is 12.2 Å². The Balaban J connectivity index is 2.63. The molecule has 2 unspecified atom stereocenters. The Bertz CT molecular complexity index is 459. The molecule has 110 valence electrons. The highest BCUT2D eigenvalue weighted by atomic mass is 32.2. The van der Waals surface area contributed by atoms with Crippen LogP contribution < -0.4 is 5.32 Å². The van der Waals surface area contributed by atoms with Crippen LogP contribution in [-0.2, 0) is 19.4 Å². The summed E-state index contributed by atoms with van der Waals surface area (Å²) in [6, 6.07) is -0.425. The standard InChI is InChI=1S/C12H21NO5S/c1-12(11(15)16)7-4-3-5-9(12)13-10(14)6-8-19(2,17)18/h9H,3-8H2,1-2H3,(H,13,14)(H,15,16). The normalized spacial score (nSPS) is 27.8. The van der Waals surface area contributed by atoms with E-state index in [9.17, 15) is 23.1 Å². The van der Waals surface area contributed by atoms with Gasteiger partial charge >= 0.3 is 5.97 Å². The molecule has 1 aliphatic carbocycles. The second kappa shape index (κ2) is 5.90. The molecule has 0 aromatic heterocycles. The molecule has 2 atom stereocenters. The van der Waals surface area contributed by atoms with Gasteiger partial charge in [0.2, 0.25) is 5.91 Å². The second-order valence-electron chi connectivity index (χ2n) is 5.47. The lowest BCUT2D eigenvalue weighted by Gasteiger charge is -2.38. The van der Waals surface area contributed by atoms with E-state index < -0.39 is 33.2 Å². The lowest BCUT2D eigenvalue weighted by Crippen LogP contribution is -2.52. The Morgan fingerprint density at radius 3 is 2.53 bits per heavy atom. The van der Waals surface area contributed by atoms with E-state index in [1.165, 1.54) is 0 Å². The minimum atomic E-state index is -3.18. The third-order valence-electron chi connectivity index (χ3n) is 3.73. The molecule has 1 amide bonds. The summed E-state index contributed by atoms with van der Waals surface area (Å²) in [6.45, 7) is 1.63. The van der Waals surface area contributed by atoms with Crippen LogP contribution in [0.15, 0.2) is 0 Å². The van der Waals surface area contributed by atoms with Crippen molar-refractivity contribution in [1.29, 1.82) is 0 Å². The van der Waals surface area contributed by atoms with Gasteiger partial charge in [-0.2, -0.15) is 0 Å². The van der Waals surface area contributed by atoms with E-state index in [1.54, 1.807) is 6.92 Å². The Hall–Kier alpha value is -1.11. The maximum absolute atomic E-state index is 11.7. The topological polar surface area (TPSA) is 101 Å². The number of hydrogen-bond donors (Lipinski definition) is 2. The van der Waals surface area contributed by atoms with Gasteiger partial charge in [-0.3, -0.25) is 9.59 Å². The molecule has 1 fully saturated rings. The molecule has 19 heavy (non-hydrogen) atoms. The van der Waals surface area contributed by atoms with Gasteiger partial charge in [0.15, 0.2) is 0 Å². The van der Waals surface area contributed by atoms with Crippen LogP contribution in [0.5, 0.6) is 0 Å². The third kappa shape index (κ3) is 4.49. The van der Waals surface area contributed by atoms with Gasteiger partial charge in [-0.15, -0.1) is 0 Å². The van der Waals surface area contributed by atoms with Crippen molar-refractivity contribution in [2.45, 2.75) is 45.1 Å². The van der Waals surface area contributed by atoms with Crippen LogP contribution in [-0.4, -0.2) is 43.5 Å². The number of amides is 1. The van der Waals surface area contributed by atoms with Crippen molar-refractivity contribution in [1.82, 2.24) is 5.32 Å². The quantitative estimate of drug-likeness (QED) is 0.771. The first-order valence-corrected chi connectivity index (χ1v) is 8.42. The average Bonchev–Trinajstić information content (AvgIpc) is 2.28. The summed E-state index contributed by atoms with van der Waals surface area (Å²) in [5.41, 5.74) is -0.959. The Morgan fingerprint density at radius 2 is 2.00 bits per heavy atom. The molecule has 0 aromatic carbocycles. The molecule has 0 aromatic rings. The van der Waals surface area contributed by atoms with Crippen LogP contribution in [0.2, 0.25) is 0 Å². The van der Waals surface area contributed by atoms with E-state index in [0.717, 1.165) is 19.1 Å². The SMILES string of the molecule is CC1(C(=O)O)CCCCC1NC(=O)CCS(C)(=O)=O. The summed E-state index contributed by atoms with van der Waals surface area (Å²) in [7, 11) is -3.18. The van der Waals surface area contributed by atoms with Gasteiger partial charge in [-0.25, -0.2) is 8.42 Å². The molecule has 2 N–H and O–H groups in total. The van der Waals surface area contributed by atoms with Gasteiger partial charge in [0.25, 0.3) is 0 Å². The number of nitrogens with one attached hydrogen (secondary N) is 1. The molecular formula is C12H21NO5S. The van der Waals surface area contributed by atoms with Crippen LogP contribution in [0.25, 0.3) is 0 Å². The number of hydrogen-bond acceptors (Lipinski definition) is 4. The third-order valence-corrected chi connectivity index (χ3v) is 4.68. The zero-order valence-electron chi connectivity index (χ0n) is 11.3. The van der Waals surface area contributed by atoms with E-state index >= 15 is 0 Å². The molecule has 1 saturated carbocycles. The molecule has 1 aliphatic rings. The summed E-state index contributed by atoms with van der Waals surface area (Å²) in [5.74, 6) is -1.53. The highest BCUT2D eigenvalue weighted by Crippen LogP contribution is 2.36. The van der Waals surface area contributed by atoms with Crippen LogP contribution in [0.3, 0.4) is 0 Å². The molecule has 0 bridgehead atoms. The van der Waals surface area contributed by atoms with Crippen molar-refractivity contribution in [3.8, 4) is 0 Å². The summed E-state index contributed by atoms with van der Waals surface area (Å²) in [6.07, 6.45) is 3.80. The first-order valence-electron chi connectivity index (χ1n) is 6.35. The summed E-state index contributed by atoms with van der Waals surface area (Å²) >= 11 is 0. The van der Waals surface area contributed by atoms with Crippen molar-refractivity contribution in [3.05, 3.63) is 0 Å². The zero-order valence-corrected chi connectivity index (χ0v) is 12.1. The molecule has 0 aliphatic heterocycles. The fourth-order valence-corrected chi connectivity index (χ4v) is 2.92.